The maximum Gasteiger partial charge on any atom is 0.256 e. The third-order valence-electron chi connectivity index (χ3n) is 4.06. The Kier molecular flexibility index (Phi) is 4.75. The standard InChI is InChI=1S/C17H20N2O3S/c1-11-10-22-13(9-20)8-19(11)17(21)14-5-6-15(18-12(14)2)16-4-3-7-23-16/h3-7,11,13,20H,8-10H2,1-2H3. The summed E-state index contributed by atoms with van der Waals surface area (Å²) in [5.74, 6) is -0.0537. The molecule has 2 aromatic heterocycles. The largest absolute Gasteiger partial charge is 0.394 e. The average molecular weight is 332 g/mol. The lowest BCUT2D eigenvalue weighted by Crippen LogP contribution is -2.52. The second-order valence-corrected chi connectivity index (χ2v) is 6.70. The summed E-state index contributed by atoms with van der Waals surface area (Å²) in [6.07, 6.45) is -0.311. The second kappa shape index (κ2) is 6.78. The van der Waals surface area contributed by atoms with E-state index >= 15 is 0 Å². The summed E-state index contributed by atoms with van der Waals surface area (Å²) in [7, 11) is 0. The number of morpholine rings is 1. The number of amides is 1. The quantitative estimate of drug-likeness (QED) is 0.937. The van der Waals surface area contributed by atoms with E-state index in [1.807, 2.05) is 43.5 Å². The number of rotatable bonds is 3. The van der Waals surface area contributed by atoms with Gasteiger partial charge in [-0.15, -0.1) is 11.3 Å². The van der Waals surface area contributed by atoms with E-state index in [0.29, 0.717) is 18.7 Å². The molecule has 1 N–H and O–H groups in total. The van der Waals surface area contributed by atoms with E-state index in [4.69, 9.17) is 4.74 Å². The highest BCUT2D eigenvalue weighted by Gasteiger charge is 2.30. The lowest BCUT2D eigenvalue weighted by Gasteiger charge is -2.37. The number of aliphatic hydroxyl groups excluding tert-OH is 1. The van der Waals surface area contributed by atoms with E-state index in [1.54, 1.807) is 16.2 Å². The predicted molar refractivity (Wildman–Crippen MR) is 89.6 cm³/mol. The highest BCUT2D eigenvalue weighted by Crippen LogP contribution is 2.25. The Hall–Kier alpha value is -1.76. The number of hydrogen-bond donors (Lipinski definition) is 1. The number of hydrogen-bond acceptors (Lipinski definition) is 5. The summed E-state index contributed by atoms with van der Waals surface area (Å²) in [6.45, 7) is 4.58. The zero-order valence-corrected chi connectivity index (χ0v) is 14.0. The molecule has 0 spiro atoms. The molecule has 2 atom stereocenters. The molecule has 2 unspecified atom stereocenters. The number of aliphatic hydroxyl groups is 1. The number of aryl methyl sites for hydroxylation is 1. The van der Waals surface area contributed by atoms with Gasteiger partial charge in [0.05, 0.1) is 47.2 Å². The van der Waals surface area contributed by atoms with E-state index < -0.39 is 0 Å². The molecule has 122 valence electrons. The molecule has 0 bridgehead atoms. The molecule has 1 saturated heterocycles. The summed E-state index contributed by atoms with van der Waals surface area (Å²) in [5.41, 5.74) is 2.22. The number of ether oxygens (including phenoxy) is 1. The zero-order chi connectivity index (χ0) is 16.4. The predicted octanol–water partition coefficient (Wildman–Crippen LogP) is 2.34. The van der Waals surface area contributed by atoms with Crippen molar-refractivity contribution in [2.75, 3.05) is 19.8 Å². The van der Waals surface area contributed by atoms with Crippen molar-refractivity contribution in [2.24, 2.45) is 0 Å². The Morgan fingerprint density at radius 2 is 2.30 bits per heavy atom. The molecule has 5 nitrogen and oxygen atoms in total. The summed E-state index contributed by atoms with van der Waals surface area (Å²) in [4.78, 5) is 20.3. The van der Waals surface area contributed by atoms with E-state index in [-0.39, 0.29) is 24.7 Å². The van der Waals surface area contributed by atoms with Crippen LogP contribution in [0.2, 0.25) is 0 Å². The van der Waals surface area contributed by atoms with E-state index in [1.165, 1.54) is 0 Å². The molecule has 1 amide bonds. The van der Waals surface area contributed by atoms with Gasteiger partial charge in [0.15, 0.2) is 0 Å². The number of nitrogens with zero attached hydrogens (tertiary/aromatic N) is 2. The number of aromatic nitrogens is 1. The Morgan fingerprint density at radius 3 is 2.96 bits per heavy atom. The molecule has 1 fully saturated rings. The highest BCUT2D eigenvalue weighted by atomic mass is 32.1. The van der Waals surface area contributed by atoms with Crippen molar-refractivity contribution in [3.8, 4) is 10.6 Å². The lowest BCUT2D eigenvalue weighted by molar-refractivity contribution is -0.0667. The van der Waals surface area contributed by atoms with Gasteiger partial charge >= 0.3 is 0 Å². The fourth-order valence-electron chi connectivity index (χ4n) is 2.71. The van der Waals surface area contributed by atoms with Crippen molar-refractivity contribution in [3.05, 3.63) is 40.9 Å². The molecule has 3 rings (SSSR count). The minimum absolute atomic E-state index is 0.0123. The van der Waals surface area contributed by atoms with E-state index in [2.05, 4.69) is 4.98 Å². The van der Waals surface area contributed by atoms with Crippen LogP contribution in [0.4, 0.5) is 0 Å². The molecule has 2 aromatic rings. The third-order valence-corrected chi connectivity index (χ3v) is 4.95. The van der Waals surface area contributed by atoms with Crippen LogP contribution in [-0.2, 0) is 4.74 Å². The van der Waals surface area contributed by atoms with Crippen LogP contribution in [0.5, 0.6) is 0 Å². The molecular formula is C17H20N2O3S. The number of carbonyl (C=O) groups excluding carboxylic acids is 1. The van der Waals surface area contributed by atoms with Gasteiger partial charge in [-0.1, -0.05) is 6.07 Å². The van der Waals surface area contributed by atoms with Crippen molar-refractivity contribution in [1.29, 1.82) is 0 Å². The Bertz CT molecular complexity index is 687. The van der Waals surface area contributed by atoms with Crippen molar-refractivity contribution in [2.45, 2.75) is 26.0 Å². The molecule has 1 aliphatic heterocycles. The molecule has 6 heteroatoms. The fraction of sp³-hybridized carbons (Fsp3) is 0.412. The summed E-state index contributed by atoms with van der Waals surface area (Å²) < 4.78 is 5.50. The van der Waals surface area contributed by atoms with Crippen LogP contribution >= 0.6 is 11.3 Å². The monoisotopic (exact) mass is 332 g/mol. The first kappa shape index (κ1) is 16.1. The Balaban J connectivity index is 1.84. The Labute approximate surface area is 139 Å². The van der Waals surface area contributed by atoms with E-state index in [9.17, 15) is 9.90 Å². The maximum absolute atomic E-state index is 12.8. The second-order valence-electron chi connectivity index (χ2n) is 5.75. The topological polar surface area (TPSA) is 62.7 Å². The van der Waals surface area contributed by atoms with Gasteiger partial charge in [0.2, 0.25) is 0 Å². The molecular weight excluding hydrogens is 312 g/mol. The molecule has 1 aliphatic rings. The zero-order valence-electron chi connectivity index (χ0n) is 13.2. The smallest absolute Gasteiger partial charge is 0.256 e. The molecule has 3 heterocycles. The number of thiophene rings is 1. The van der Waals surface area contributed by atoms with Gasteiger partial charge in [0.1, 0.15) is 0 Å². The van der Waals surface area contributed by atoms with Crippen LogP contribution in [0.1, 0.15) is 23.0 Å². The SMILES string of the molecule is Cc1nc(-c2cccs2)ccc1C(=O)N1CC(CO)OCC1C. The highest BCUT2D eigenvalue weighted by molar-refractivity contribution is 7.13. The number of carbonyl (C=O) groups is 1. The van der Waals surface area contributed by atoms with Gasteiger partial charge in [-0.25, -0.2) is 0 Å². The van der Waals surface area contributed by atoms with Crippen molar-refractivity contribution < 1.29 is 14.6 Å². The number of pyridine rings is 1. The normalized spacial score (nSPS) is 21.4. The lowest BCUT2D eigenvalue weighted by atomic mass is 10.1. The van der Waals surface area contributed by atoms with Gasteiger partial charge < -0.3 is 14.7 Å². The molecule has 0 radical (unpaired) electrons. The summed E-state index contributed by atoms with van der Waals surface area (Å²) in [5, 5.41) is 11.3. The van der Waals surface area contributed by atoms with Crippen molar-refractivity contribution in [1.82, 2.24) is 9.88 Å². The average Bonchev–Trinajstić information content (AvgIpc) is 3.09. The van der Waals surface area contributed by atoms with Crippen LogP contribution < -0.4 is 0 Å². The van der Waals surface area contributed by atoms with Crippen LogP contribution in [-0.4, -0.2) is 52.8 Å². The first-order valence-corrected chi connectivity index (χ1v) is 8.53. The van der Waals surface area contributed by atoms with Gasteiger partial charge in [-0.3, -0.25) is 9.78 Å². The molecule has 0 aromatic carbocycles. The van der Waals surface area contributed by atoms with Gasteiger partial charge in [0, 0.05) is 6.54 Å². The molecule has 0 aliphatic carbocycles. The van der Waals surface area contributed by atoms with Crippen LogP contribution in [0, 0.1) is 6.92 Å². The van der Waals surface area contributed by atoms with E-state index in [0.717, 1.165) is 16.3 Å². The minimum Gasteiger partial charge on any atom is -0.394 e. The maximum atomic E-state index is 12.8. The van der Waals surface area contributed by atoms with Crippen LogP contribution in [0.3, 0.4) is 0 Å². The summed E-state index contributed by atoms with van der Waals surface area (Å²) in [6, 6.07) is 7.72. The fourth-order valence-corrected chi connectivity index (χ4v) is 3.41. The third kappa shape index (κ3) is 3.29. The first-order chi connectivity index (χ1) is 11.1. The minimum atomic E-state index is -0.311. The van der Waals surface area contributed by atoms with Crippen LogP contribution in [0.25, 0.3) is 10.6 Å². The van der Waals surface area contributed by atoms with Gasteiger partial charge in [0.25, 0.3) is 5.91 Å². The van der Waals surface area contributed by atoms with Crippen molar-refractivity contribution >= 4 is 17.2 Å². The van der Waals surface area contributed by atoms with Crippen molar-refractivity contribution in [3.63, 3.8) is 0 Å². The summed E-state index contributed by atoms with van der Waals surface area (Å²) >= 11 is 1.63. The first-order valence-electron chi connectivity index (χ1n) is 7.65. The molecule has 23 heavy (non-hydrogen) atoms. The molecule has 0 saturated carbocycles. The van der Waals surface area contributed by atoms with Crippen LogP contribution in [0.15, 0.2) is 29.6 Å². The Morgan fingerprint density at radius 1 is 1.48 bits per heavy atom. The van der Waals surface area contributed by atoms with Gasteiger partial charge in [-0.2, -0.15) is 0 Å². The van der Waals surface area contributed by atoms with Gasteiger partial charge in [-0.05, 0) is 37.4 Å².